The molecule has 2 aromatic carbocycles. The van der Waals surface area contributed by atoms with Crippen molar-refractivity contribution in [1.29, 1.82) is 0 Å². The maximum absolute atomic E-state index is 12.5. The molecular formula is C21H25ClN2O4S. The number of anilines is 1. The van der Waals surface area contributed by atoms with Crippen molar-refractivity contribution in [3.8, 4) is 5.75 Å². The number of ether oxygens (including phenoxy) is 1. The molecule has 2 N–H and O–H groups in total. The van der Waals surface area contributed by atoms with Crippen LogP contribution in [0.5, 0.6) is 5.75 Å². The number of amides is 1. The standard InChI is InChI=1S/C21H25ClN2O4S/c1-15-7-8-17(13-20(15)22)23-21(25)14-28-18-9-11-19(12-10-18)29(26,27)24-16-5-3-2-4-6-16/h7-13,16,24H,2-6,14H2,1H3,(H,23,25). The Balaban J connectivity index is 1.53. The van der Waals surface area contributed by atoms with Crippen LogP contribution in [0, 0.1) is 6.92 Å². The molecule has 0 heterocycles. The van der Waals surface area contributed by atoms with Gasteiger partial charge in [0, 0.05) is 16.8 Å². The number of hydrogen-bond acceptors (Lipinski definition) is 4. The van der Waals surface area contributed by atoms with E-state index in [1.54, 1.807) is 24.3 Å². The highest BCUT2D eigenvalue weighted by Gasteiger charge is 2.21. The third kappa shape index (κ3) is 6.19. The average Bonchev–Trinajstić information content (AvgIpc) is 2.70. The van der Waals surface area contributed by atoms with Crippen molar-refractivity contribution in [2.24, 2.45) is 0 Å². The van der Waals surface area contributed by atoms with Crippen molar-refractivity contribution in [2.45, 2.75) is 50.0 Å². The van der Waals surface area contributed by atoms with Crippen molar-refractivity contribution in [3.63, 3.8) is 0 Å². The summed E-state index contributed by atoms with van der Waals surface area (Å²) < 4.78 is 33.2. The van der Waals surface area contributed by atoms with Gasteiger partial charge in [0.15, 0.2) is 6.61 Å². The lowest BCUT2D eigenvalue weighted by atomic mass is 9.96. The predicted molar refractivity (Wildman–Crippen MR) is 114 cm³/mol. The van der Waals surface area contributed by atoms with Gasteiger partial charge >= 0.3 is 0 Å². The van der Waals surface area contributed by atoms with Crippen molar-refractivity contribution in [3.05, 3.63) is 53.1 Å². The lowest BCUT2D eigenvalue weighted by Gasteiger charge is -2.22. The second-order valence-corrected chi connectivity index (χ2v) is 9.35. The second-order valence-electron chi connectivity index (χ2n) is 7.23. The molecule has 2 aromatic rings. The van der Waals surface area contributed by atoms with Gasteiger partial charge in [0.05, 0.1) is 4.90 Å². The van der Waals surface area contributed by atoms with Crippen LogP contribution in [0.4, 0.5) is 5.69 Å². The van der Waals surface area contributed by atoms with E-state index in [4.69, 9.17) is 16.3 Å². The first kappa shape index (κ1) is 21.6. The van der Waals surface area contributed by atoms with Gasteiger partial charge < -0.3 is 10.1 Å². The summed E-state index contributed by atoms with van der Waals surface area (Å²) in [6.45, 7) is 1.68. The molecule has 29 heavy (non-hydrogen) atoms. The molecule has 0 bridgehead atoms. The summed E-state index contributed by atoms with van der Waals surface area (Å²) in [4.78, 5) is 12.2. The molecule has 1 amide bonds. The summed E-state index contributed by atoms with van der Waals surface area (Å²) in [7, 11) is -3.55. The van der Waals surface area contributed by atoms with Crippen molar-refractivity contribution in [1.82, 2.24) is 4.72 Å². The number of carbonyl (C=O) groups is 1. The molecule has 0 atom stereocenters. The number of carbonyl (C=O) groups excluding carboxylic acids is 1. The molecule has 0 spiro atoms. The number of sulfonamides is 1. The SMILES string of the molecule is Cc1ccc(NC(=O)COc2ccc(S(=O)(=O)NC3CCCCC3)cc2)cc1Cl. The third-order valence-corrected chi connectivity index (χ3v) is 6.83. The number of halogens is 1. The molecular weight excluding hydrogens is 412 g/mol. The molecule has 3 rings (SSSR count). The van der Waals surface area contributed by atoms with Gasteiger partial charge in [-0.15, -0.1) is 0 Å². The lowest BCUT2D eigenvalue weighted by molar-refractivity contribution is -0.118. The van der Waals surface area contributed by atoms with Gasteiger partial charge in [-0.05, 0) is 61.7 Å². The van der Waals surface area contributed by atoms with Crippen LogP contribution in [0.15, 0.2) is 47.4 Å². The van der Waals surface area contributed by atoms with Crippen LogP contribution in [0.3, 0.4) is 0 Å². The topological polar surface area (TPSA) is 84.5 Å². The fraction of sp³-hybridized carbons (Fsp3) is 0.381. The van der Waals surface area contributed by atoms with Crippen LogP contribution in [0.1, 0.15) is 37.7 Å². The Labute approximate surface area is 176 Å². The molecule has 0 saturated heterocycles. The number of aryl methyl sites for hydroxylation is 1. The summed E-state index contributed by atoms with van der Waals surface area (Å²) in [6, 6.07) is 11.3. The van der Waals surface area contributed by atoms with Crippen LogP contribution >= 0.6 is 11.6 Å². The van der Waals surface area contributed by atoms with E-state index in [-0.39, 0.29) is 23.5 Å². The second kappa shape index (κ2) is 9.61. The lowest BCUT2D eigenvalue weighted by Crippen LogP contribution is -2.36. The van der Waals surface area contributed by atoms with Crippen LogP contribution in [0.2, 0.25) is 5.02 Å². The minimum atomic E-state index is -3.55. The smallest absolute Gasteiger partial charge is 0.262 e. The molecule has 0 radical (unpaired) electrons. The molecule has 1 aliphatic rings. The zero-order valence-electron chi connectivity index (χ0n) is 16.3. The highest BCUT2D eigenvalue weighted by molar-refractivity contribution is 7.89. The van der Waals surface area contributed by atoms with E-state index in [2.05, 4.69) is 10.0 Å². The Hall–Kier alpha value is -2.09. The predicted octanol–water partition coefficient (Wildman–Crippen LogP) is 4.28. The summed E-state index contributed by atoms with van der Waals surface area (Å²) in [5, 5.41) is 3.28. The summed E-state index contributed by atoms with van der Waals surface area (Å²) in [5.74, 6) is 0.0827. The Kier molecular flexibility index (Phi) is 7.16. The monoisotopic (exact) mass is 436 g/mol. The Morgan fingerprint density at radius 1 is 1.10 bits per heavy atom. The first-order valence-electron chi connectivity index (χ1n) is 9.65. The van der Waals surface area contributed by atoms with Crippen molar-refractivity contribution >= 4 is 33.2 Å². The molecule has 156 valence electrons. The normalized spacial score (nSPS) is 15.1. The minimum absolute atomic E-state index is 0.00338. The fourth-order valence-corrected chi connectivity index (χ4v) is 4.73. The number of hydrogen-bond donors (Lipinski definition) is 2. The highest BCUT2D eigenvalue weighted by atomic mass is 35.5. The summed E-state index contributed by atoms with van der Waals surface area (Å²) >= 11 is 6.05. The van der Waals surface area contributed by atoms with E-state index >= 15 is 0 Å². The summed E-state index contributed by atoms with van der Waals surface area (Å²) in [6.07, 6.45) is 5.02. The Morgan fingerprint density at radius 2 is 1.79 bits per heavy atom. The molecule has 1 saturated carbocycles. The molecule has 0 unspecified atom stereocenters. The maximum atomic E-state index is 12.5. The minimum Gasteiger partial charge on any atom is -0.484 e. The van der Waals surface area contributed by atoms with Gasteiger partial charge in [-0.25, -0.2) is 13.1 Å². The van der Waals surface area contributed by atoms with Crippen LogP contribution in [-0.2, 0) is 14.8 Å². The van der Waals surface area contributed by atoms with E-state index in [0.717, 1.165) is 37.7 Å². The number of benzene rings is 2. The van der Waals surface area contributed by atoms with Crippen molar-refractivity contribution < 1.29 is 17.9 Å². The fourth-order valence-electron chi connectivity index (χ4n) is 3.24. The molecule has 1 aliphatic carbocycles. The van der Waals surface area contributed by atoms with E-state index < -0.39 is 10.0 Å². The van der Waals surface area contributed by atoms with Gasteiger partial charge in [-0.1, -0.05) is 36.9 Å². The van der Waals surface area contributed by atoms with E-state index in [1.165, 1.54) is 12.1 Å². The maximum Gasteiger partial charge on any atom is 0.262 e. The Morgan fingerprint density at radius 3 is 2.45 bits per heavy atom. The first-order chi connectivity index (χ1) is 13.8. The molecule has 0 aliphatic heterocycles. The van der Waals surface area contributed by atoms with Gasteiger partial charge in [0.1, 0.15) is 5.75 Å². The molecule has 1 fully saturated rings. The quantitative estimate of drug-likeness (QED) is 0.678. The van der Waals surface area contributed by atoms with Crippen LogP contribution in [-0.4, -0.2) is 27.0 Å². The largest absolute Gasteiger partial charge is 0.484 e. The van der Waals surface area contributed by atoms with E-state index in [9.17, 15) is 13.2 Å². The molecule has 6 nitrogen and oxygen atoms in total. The van der Waals surface area contributed by atoms with Crippen LogP contribution in [0.25, 0.3) is 0 Å². The molecule has 8 heteroatoms. The van der Waals surface area contributed by atoms with Gasteiger partial charge in [0.2, 0.25) is 10.0 Å². The third-order valence-electron chi connectivity index (χ3n) is 4.89. The first-order valence-corrected chi connectivity index (χ1v) is 11.5. The van der Waals surface area contributed by atoms with Crippen molar-refractivity contribution in [2.75, 3.05) is 11.9 Å². The zero-order chi connectivity index (χ0) is 20.9. The number of nitrogens with one attached hydrogen (secondary N) is 2. The van der Waals surface area contributed by atoms with Gasteiger partial charge in [-0.3, -0.25) is 4.79 Å². The van der Waals surface area contributed by atoms with Gasteiger partial charge in [0.25, 0.3) is 5.91 Å². The van der Waals surface area contributed by atoms with E-state index in [1.807, 2.05) is 13.0 Å². The van der Waals surface area contributed by atoms with E-state index in [0.29, 0.717) is 16.5 Å². The summed E-state index contributed by atoms with van der Waals surface area (Å²) in [5.41, 5.74) is 1.51. The highest BCUT2D eigenvalue weighted by Crippen LogP contribution is 2.22. The average molecular weight is 437 g/mol. The zero-order valence-corrected chi connectivity index (χ0v) is 17.9. The van der Waals surface area contributed by atoms with Gasteiger partial charge in [-0.2, -0.15) is 0 Å². The number of rotatable bonds is 7. The molecule has 0 aromatic heterocycles. The van der Waals surface area contributed by atoms with Crippen LogP contribution < -0.4 is 14.8 Å². The Bertz CT molecular complexity index is 955.